The van der Waals surface area contributed by atoms with E-state index in [9.17, 15) is 13.2 Å². The minimum Gasteiger partial charge on any atom is -0.481 e. The molecule has 0 amide bonds. The third kappa shape index (κ3) is 3.37. The summed E-state index contributed by atoms with van der Waals surface area (Å²) in [7, 11) is -3.46. The number of rotatable bonds is 6. The molecule has 7 nitrogen and oxygen atoms in total. The fourth-order valence-corrected chi connectivity index (χ4v) is 4.17. The van der Waals surface area contributed by atoms with Crippen LogP contribution in [0.3, 0.4) is 0 Å². The van der Waals surface area contributed by atoms with Crippen LogP contribution in [0.15, 0.2) is 10.6 Å². The second kappa shape index (κ2) is 5.92. The van der Waals surface area contributed by atoms with Crippen molar-refractivity contribution >= 4 is 16.0 Å². The molecule has 20 heavy (non-hydrogen) atoms. The molecule has 1 N–H and O–H groups in total. The van der Waals surface area contributed by atoms with Gasteiger partial charge in [0.25, 0.3) is 0 Å². The molecular weight excluding hydrogens is 284 g/mol. The summed E-state index contributed by atoms with van der Waals surface area (Å²) in [6.45, 7) is 2.23. The molecule has 1 atom stereocenters. The molecule has 8 heteroatoms. The van der Waals surface area contributed by atoms with Crippen molar-refractivity contribution in [3.05, 3.63) is 17.5 Å². The van der Waals surface area contributed by atoms with Crippen molar-refractivity contribution in [1.82, 2.24) is 9.46 Å². The smallest absolute Gasteiger partial charge is 0.303 e. The van der Waals surface area contributed by atoms with Gasteiger partial charge in [0.15, 0.2) is 5.76 Å². The van der Waals surface area contributed by atoms with Crippen LogP contribution in [0, 0.1) is 6.92 Å². The third-order valence-corrected chi connectivity index (χ3v) is 5.28. The van der Waals surface area contributed by atoms with Gasteiger partial charge in [-0.3, -0.25) is 4.79 Å². The second-order valence-corrected chi connectivity index (χ2v) is 6.99. The van der Waals surface area contributed by atoms with Crippen molar-refractivity contribution < 1.29 is 22.8 Å². The summed E-state index contributed by atoms with van der Waals surface area (Å²) in [6, 6.07) is 1.43. The molecule has 112 valence electrons. The maximum Gasteiger partial charge on any atom is 0.303 e. The zero-order valence-electron chi connectivity index (χ0n) is 11.3. The highest BCUT2D eigenvalue weighted by atomic mass is 32.2. The van der Waals surface area contributed by atoms with E-state index in [1.54, 1.807) is 13.0 Å². The number of aliphatic carboxylic acids is 1. The number of sulfonamides is 1. The fraction of sp³-hybridized carbons (Fsp3) is 0.667. The minimum absolute atomic E-state index is 0.121. The zero-order chi connectivity index (χ0) is 14.8. The lowest BCUT2D eigenvalue weighted by molar-refractivity contribution is -0.137. The van der Waals surface area contributed by atoms with Crippen LogP contribution in [0.2, 0.25) is 0 Å². The van der Waals surface area contributed by atoms with Gasteiger partial charge in [-0.05, 0) is 26.2 Å². The molecule has 1 aromatic heterocycles. The summed E-state index contributed by atoms with van der Waals surface area (Å²) in [5.41, 5.74) is 0.718. The number of aromatic nitrogens is 1. The van der Waals surface area contributed by atoms with E-state index in [2.05, 4.69) is 5.16 Å². The first-order chi connectivity index (χ1) is 9.40. The highest BCUT2D eigenvalue weighted by Crippen LogP contribution is 2.34. The van der Waals surface area contributed by atoms with E-state index in [1.807, 2.05) is 0 Å². The number of carbonyl (C=O) groups is 1. The zero-order valence-corrected chi connectivity index (χ0v) is 12.1. The van der Waals surface area contributed by atoms with E-state index >= 15 is 0 Å². The Balaban J connectivity index is 2.07. The number of aryl methyl sites for hydroxylation is 1. The number of carboxylic acids is 1. The van der Waals surface area contributed by atoms with E-state index in [0.29, 0.717) is 18.7 Å². The number of hydrogen-bond acceptors (Lipinski definition) is 5. The molecule has 1 aliphatic rings. The number of nitrogens with zero attached hydrogens (tertiary/aromatic N) is 2. The molecule has 0 saturated carbocycles. The van der Waals surface area contributed by atoms with Crippen molar-refractivity contribution in [2.24, 2.45) is 0 Å². The molecule has 2 heterocycles. The molecule has 2 rings (SSSR count). The van der Waals surface area contributed by atoms with Gasteiger partial charge in [-0.2, -0.15) is 4.31 Å². The Labute approximate surface area is 117 Å². The molecule has 1 fully saturated rings. The van der Waals surface area contributed by atoms with Gasteiger partial charge in [-0.1, -0.05) is 5.16 Å². The van der Waals surface area contributed by atoms with Gasteiger partial charge in [-0.25, -0.2) is 8.42 Å². The molecule has 1 aromatic rings. The van der Waals surface area contributed by atoms with Crippen molar-refractivity contribution in [3.63, 3.8) is 0 Å². The van der Waals surface area contributed by atoms with E-state index in [4.69, 9.17) is 9.63 Å². The van der Waals surface area contributed by atoms with Crippen LogP contribution in [-0.4, -0.2) is 41.3 Å². The van der Waals surface area contributed by atoms with Crippen LogP contribution in [0.4, 0.5) is 0 Å². The average molecular weight is 302 g/mol. The van der Waals surface area contributed by atoms with E-state index in [-0.39, 0.29) is 24.6 Å². The van der Waals surface area contributed by atoms with Crippen LogP contribution >= 0.6 is 0 Å². The van der Waals surface area contributed by atoms with Gasteiger partial charge in [0.2, 0.25) is 10.0 Å². The maximum atomic E-state index is 12.3. The third-order valence-electron chi connectivity index (χ3n) is 3.33. The molecule has 0 aromatic carbocycles. The van der Waals surface area contributed by atoms with Crippen molar-refractivity contribution in [2.75, 3.05) is 12.3 Å². The van der Waals surface area contributed by atoms with Crippen LogP contribution < -0.4 is 0 Å². The summed E-state index contributed by atoms with van der Waals surface area (Å²) in [5, 5.41) is 12.4. The normalized spacial score (nSPS) is 20.4. The first kappa shape index (κ1) is 15.0. The monoisotopic (exact) mass is 302 g/mol. The van der Waals surface area contributed by atoms with Gasteiger partial charge in [0, 0.05) is 19.0 Å². The van der Waals surface area contributed by atoms with Gasteiger partial charge in [-0.15, -0.1) is 0 Å². The van der Waals surface area contributed by atoms with Gasteiger partial charge in [0.05, 0.1) is 17.5 Å². The fourth-order valence-electron chi connectivity index (χ4n) is 2.42. The number of carboxylic acid groups (broad SMARTS) is 1. The topological polar surface area (TPSA) is 101 Å². The van der Waals surface area contributed by atoms with E-state index in [0.717, 1.165) is 12.1 Å². The summed E-state index contributed by atoms with van der Waals surface area (Å²) in [4.78, 5) is 10.5. The SMILES string of the molecule is Cc1cc(C2CCCN2S(=O)(=O)CCCC(=O)O)on1. The Kier molecular flexibility index (Phi) is 4.44. The Bertz CT molecular complexity index is 580. The molecule has 0 aliphatic carbocycles. The lowest BCUT2D eigenvalue weighted by atomic mass is 10.2. The first-order valence-electron chi connectivity index (χ1n) is 6.54. The Hall–Kier alpha value is -1.41. The highest BCUT2D eigenvalue weighted by molar-refractivity contribution is 7.89. The Morgan fingerprint density at radius 3 is 2.95 bits per heavy atom. The Morgan fingerprint density at radius 2 is 2.35 bits per heavy atom. The summed E-state index contributed by atoms with van der Waals surface area (Å²) >= 11 is 0. The van der Waals surface area contributed by atoms with Crippen molar-refractivity contribution in [1.29, 1.82) is 0 Å². The largest absolute Gasteiger partial charge is 0.481 e. The molecule has 1 aliphatic heterocycles. The molecule has 0 spiro atoms. The maximum absolute atomic E-state index is 12.3. The van der Waals surface area contributed by atoms with Crippen molar-refractivity contribution in [2.45, 2.75) is 38.6 Å². The molecular formula is C12H18N2O5S. The molecule has 0 radical (unpaired) electrons. The van der Waals surface area contributed by atoms with Crippen molar-refractivity contribution in [3.8, 4) is 0 Å². The summed E-state index contributed by atoms with van der Waals surface area (Å²) < 4.78 is 31.1. The summed E-state index contributed by atoms with van der Waals surface area (Å²) in [5.74, 6) is -0.575. The molecule has 0 bridgehead atoms. The summed E-state index contributed by atoms with van der Waals surface area (Å²) in [6.07, 6.45) is 1.45. The van der Waals surface area contributed by atoms with E-state index < -0.39 is 16.0 Å². The standard InChI is InChI=1S/C12H18N2O5S/c1-9-8-11(19-13-9)10-4-2-6-14(10)20(17,18)7-3-5-12(15)16/h8,10H,2-7H2,1H3,(H,15,16). The van der Waals surface area contributed by atoms with Crippen LogP contribution in [0.5, 0.6) is 0 Å². The molecule has 1 saturated heterocycles. The average Bonchev–Trinajstić information content (AvgIpc) is 2.95. The van der Waals surface area contributed by atoms with Gasteiger partial charge < -0.3 is 9.63 Å². The van der Waals surface area contributed by atoms with E-state index in [1.165, 1.54) is 4.31 Å². The lowest BCUT2D eigenvalue weighted by Crippen LogP contribution is -2.32. The highest BCUT2D eigenvalue weighted by Gasteiger charge is 2.36. The van der Waals surface area contributed by atoms with Crippen LogP contribution in [0.1, 0.15) is 43.2 Å². The lowest BCUT2D eigenvalue weighted by Gasteiger charge is -2.21. The molecule has 1 unspecified atom stereocenters. The number of hydrogen-bond donors (Lipinski definition) is 1. The van der Waals surface area contributed by atoms with Crippen LogP contribution in [0.25, 0.3) is 0 Å². The Morgan fingerprint density at radius 1 is 1.60 bits per heavy atom. The minimum atomic E-state index is -3.46. The predicted octanol–water partition coefficient (Wildman–Crippen LogP) is 1.31. The predicted molar refractivity (Wildman–Crippen MR) is 70.6 cm³/mol. The first-order valence-corrected chi connectivity index (χ1v) is 8.15. The second-order valence-electron chi connectivity index (χ2n) is 4.95. The van der Waals surface area contributed by atoms with Gasteiger partial charge >= 0.3 is 5.97 Å². The quantitative estimate of drug-likeness (QED) is 0.850. The van der Waals surface area contributed by atoms with Crippen LogP contribution in [-0.2, 0) is 14.8 Å². The van der Waals surface area contributed by atoms with Gasteiger partial charge in [0.1, 0.15) is 0 Å².